The summed E-state index contributed by atoms with van der Waals surface area (Å²) >= 11 is 9.29. The van der Waals surface area contributed by atoms with Gasteiger partial charge in [-0.3, -0.25) is 4.79 Å². The van der Waals surface area contributed by atoms with E-state index in [0.29, 0.717) is 17.1 Å². The molecule has 1 amide bonds. The van der Waals surface area contributed by atoms with Gasteiger partial charge >= 0.3 is 0 Å². The zero-order valence-electron chi connectivity index (χ0n) is 9.75. The summed E-state index contributed by atoms with van der Waals surface area (Å²) in [5, 5.41) is 7.11. The highest BCUT2D eigenvalue weighted by molar-refractivity contribution is 9.10. The van der Waals surface area contributed by atoms with Crippen molar-refractivity contribution in [2.75, 3.05) is 5.32 Å². The fourth-order valence-corrected chi connectivity index (χ4v) is 3.71. The molecule has 2 fully saturated rings. The molecule has 5 heteroatoms. The van der Waals surface area contributed by atoms with Crippen molar-refractivity contribution in [1.82, 2.24) is 5.32 Å². The van der Waals surface area contributed by atoms with Crippen molar-refractivity contribution >= 4 is 39.1 Å². The van der Waals surface area contributed by atoms with Crippen LogP contribution in [0.2, 0.25) is 5.02 Å². The Morgan fingerprint density at radius 2 is 2.28 bits per heavy atom. The molecule has 1 aromatic rings. The standard InChI is InChI=1S/C13H14BrClN2O/c14-10-5-7(15)1-3-12(10)17-13(18)9-6-8-2-4-11(9)16-8/h1,3,5,8-9,11,16H,2,4,6H2,(H,17,18). The average Bonchev–Trinajstić information content (AvgIpc) is 2.94. The molecule has 0 aliphatic carbocycles. The van der Waals surface area contributed by atoms with Gasteiger partial charge in [0, 0.05) is 21.6 Å². The zero-order valence-corrected chi connectivity index (χ0v) is 12.1. The van der Waals surface area contributed by atoms with Crippen LogP contribution in [-0.4, -0.2) is 18.0 Å². The molecule has 3 atom stereocenters. The van der Waals surface area contributed by atoms with Crippen molar-refractivity contribution in [2.45, 2.75) is 31.3 Å². The van der Waals surface area contributed by atoms with Crippen molar-refractivity contribution in [3.63, 3.8) is 0 Å². The number of nitrogens with one attached hydrogen (secondary N) is 2. The third-order valence-electron chi connectivity index (χ3n) is 3.83. The molecule has 2 N–H and O–H groups in total. The maximum absolute atomic E-state index is 12.2. The average molecular weight is 330 g/mol. The predicted octanol–water partition coefficient (Wildman–Crippen LogP) is 3.18. The van der Waals surface area contributed by atoms with Crippen molar-refractivity contribution in [1.29, 1.82) is 0 Å². The lowest BCUT2D eigenvalue weighted by Gasteiger charge is -2.19. The van der Waals surface area contributed by atoms with E-state index >= 15 is 0 Å². The number of carbonyl (C=O) groups excluding carboxylic acids is 1. The Bertz CT molecular complexity index is 494. The van der Waals surface area contributed by atoms with Gasteiger partial charge in [0.2, 0.25) is 5.91 Å². The number of carbonyl (C=O) groups is 1. The molecule has 3 unspecified atom stereocenters. The molecule has 96 valence electrons. The van der Waals surface area contributed by atoms with Gasteiger partial charge in [0.05, 0.1) is 11.6 Å². The van der Waals surface area contributed by atoms with E-state index in [9.17, 15) is 4.79 Å². The number of hydrogen-bond donors (Lipinski definition) is 2. The van der Waals surface area contributed by atoms with Crippen LogP contribution >= 0.6 is 27.5 Å². The minimum atomic E-state index is 0.103. The Morgan fingerprint density at radius 3 is 2.89 bits per heavy atom. The van der Waals surface area contributed by atoms with Crippen molar-refractivity contribution in [3.8, 4) is 0 Å². The number of rotatable bonds is 2. The van der Waals surface area contributed by atoms with Crippen LogP contribution in [0.4, 0.5) is 5.69 Å². The summed E-state index contributed by atoms with van der Waals surface area (Å²) in [6.07, 6.45) is 3.28. The molecule has 18 heavy (non-hydrogen) atoms. The molecule has 2 bridgehead atoms. The predicted molar refractivity (Wildman–Crippen MR) is 75.8 cm³/mol. The van der Waals surface area contributed by atoms with E-state index < -0.39 is 0 Å². The molecule has 0 aromatic heterocycles. The van der Waals surface area contributed by atoms with Crippen LogP contribution in [0.15, 0.2) is 22.7 Å². The lowest BCUT2D eigenvalue weighted by molar-refractivity contribution is -0.120. The zero-order chi connectivity index (χ0) is 12.7. The topological polar surface area (TPSA) is 41.1 Å². The molecule has 2 aliphatic heterocycles. The van der Waals surface area contributed by atoms with Gasteiger partial charge in [0.15, 0.2) is 0 Å². The number of fused-ring (bicyclic) bond motifs is 2. The third kappa shape index (κ3) is 2.29. The summed E-state index contributed by atoms with van der Waals surface area (Å²) in [5.41, 5.74) is 0.784. The number of anilines is 1. The van der Waals surface area contributed by atoms with Gasteiger partial charge in [-0.2, -0.15) is 0 Å². The molecule has 0 spiro atoms. The molecule has 3 rings (SSSR count). The monoisotopic (exact) mass is 328 g/mol. The number of halogens is 2. The molecular formula is C13H14BrClN2O. The van der Waals surface area contributed by atoms with E-state index in [1.54, 1.807) is 12.1 Å². The van der Waals surface area contributed by atoms with Crippen molar-refractivity contribution < 1.29 is 4.79 Å². The second-order valence-corrected chi connectivity index (χ2v) is 6.29. The first-order valence-corrected chi connectivity index (χ1v) is 7.32. The molecule has 1 aromatic carbocycles. The van der Waals surface area contributed by atoms with Gasteiger partial charge < -0.3 is 10.6 Å². The lowest BCUT2D eigenvalue weighted by Crippen LogP contribution is -2.32. The van der Waals surface area contributed by atoms with Crippen LogP contribution < -0.4 is 10.6 Å². The summed E-state index contributed by atoms with van der Waals surface area (Å²) in [7, 11) is 0. The van der Waals surface area contributed by atoms with Crippen LogP contribution in [0.5, 0.6) is 0 Å². The highest BCUT2D eigenvalue weighted by Gasteiger charge is 2.42. The second-order valence-electron chi connectivity index (χ2n) is 5.00. The van der Waals surface area contributed by atoms with Crippen LogP contribution in [0.1, 0.15) is 19.3 Å². The second kappa shape index (κ2) is 4.83. The summed E-state index contributed by atoms with van der Waals surface area (Å²) < 4.78 is 0.819. The summed E-state index contributed by atoms with van der Waals surface area (Å²) in [5.74, 6) is 0.212. The first-order valence-electron chi connectivity index (χ1n) is 6.15. The Kier molecular flexibility index (Phi) is 3.34. The fourth-order valence-electron chi connectivity index (χ4n) is 2.93. The Labute approximate surface area is 119 Å². The first-order chi connectivity index (χ1) is 8.63. The largest absolute Gasteiger partial charge is 0.325 e. The SMILES string of the molecule is O=C(Nc1ccc(Cl)cc1Br)C1CC2CCC1N2. The van der Waals surface area contributed by atoms with Crippen molar-refractivity contribution in [3.05, 3.63) is 27.7 Å². The van der Waals surface area contributed by atoms with Gasteiger partial charge in [0.25, 0.3) is 0 Å². The minimum Gasteiger partial charge on any atom is -0.325 e. The molecule has 3 nitrogen and oxygen atoms in total. The quantitative estimate of drug-likeness (QED) is 0.875. The van der Waals surface area contributed by atoms with E-state index in [2.05, 4.69) is 26.6 Å². The number of benzene rings is 1. The maximum Gasteiger partial charge on any atom is 0.229 e. The van der Waals surface area contributed by atoms with Gasteiger partial charge in [-0.25, -0.2) is 0 Å². The van der Waals surface area contributed by atoms with Crippen molar-refractivity contribution in [2.24, 2.45) is 5.92 Å². The lowest BCUT2D eigenvalue weighted by atomic mass is 9.88. The fraction of sp³-hybridized carbons (Fsp3) is 0.462. The molecule has 2 heterocycles. The van der Waals surface area contributed by atoms with Crippen LogP contribution in [0.25, 0.3) is 0 Å². The smallest absolute Gasteiger partial charge is 0.229 e. The number of amides is 1. The molecule has 2 aliphatic rings. The summed E-state index contributed by atoms with van der Waals surface area (Å²) in [6.45, 7) is 0. The molecule has 0 radical (unpaired) electrons. The van der Waals surface area contributed by atoms with Gasteiger partial charge in [-0.05, 0) is 53.4 Å². The Balaban J connectivity index is 1.71. The molecular weight excluding hydrogens is 316 g/mol. The summed E-state index contributed by atoms with van der Waals surface area (Å²) in [6, 6.07) is 6.29. The third-order valence-corrected chi connectivity index (χ3v) is 4.72. The Morgan fingerprint density at radius 1 is 1.44 bits per heavy atom. The van der Waals surface area contributed by atoms with E-state index in [-0.39, 0.29) is 11.8 Å². The highest BCUT2D eigenvalue weighted by Crippen LogP contribution is 2.34. The highest BCUT2D eigenvalue weighted by atomic mass is 79.9. The summed E-state index contributed by atoms with van der Waals surface area (Å²) in [4.78, 5) is 12.2. The van der Waals surface area contributed by atoms with Crippen LogP contribution in [0, 0.1) is 5.92 Å². The van der Waals surface area contributed by atoms with E-state index in [0.717, 1.165) is 23.0 Å². The molecule has 2 saturated heterocycles. The minimum absolute atomic E-state index is 0.103. The van der Waals surface area contributed by atoms with Gasteiger partial charge in [-0.15, -0.1) is 0 Å². The van der Waals surface area contributed by atoms with E-state index in [1.807, 2.05) is 6.07 Å². The normalized spacial score (nSPS) is 29.6. The maximum atomic E-state index is 12.2. The van der Waals surface area contributed by atoms with Crippen LogP contribution in [0.3, 0.4) is 0 Å². The van der Waals surface area contributed by atoms with Gasteiger partial charge in [-0.1, -0.05) is 11.6 Å². The first kappa shape index (κ1) is 12.5. The number of hydrogen-bond acceptors (Lipinski definition) is 2. The van der Waals surface area contributed by atoms with E-state index in [1.165, 1.54) is 6.42 Å². The van der Waals surface area contributed by atoms with Gasteiger partial charge in [0.1, 0.15) is 0 Å². The molecule has 0 saturated carbocycles. The Hall–Kier alpha value is -0.580. The van der Waals surface area contributed by atoms with E-state index in [4.69, 9.17) is 11.6 Å². The van der Waals surface area contributed by atoms with Crippen LogP contribution in [-0.2, 0) is 4.79 Å².